The van der Waals surface area contributed by atoms with Crippen LogP contribution in [0.1, 0.15) is 40.0 Å². The van der Waals surface area contributed by atoms with Crippen molar-refractivity contribution in [2.75, 3.05) is 19.7 Å². The second-order valence-corrected chi connectivity index (χ2v) is 9.69. The van der Waals surface area contributed by atoms with E-state index < -0.39 is 6.09 Å². The van der Waals surface area contributed by atoms with Crippen LogP contribution >= 0.6 is 0 Å². The summed E-state index contributed by atoms with van der Waals surface area (Å²) in [5.74, 6) is 1.78. The summed E-state index contributed by atoms with van der Waals surface area (Å²) in [6, 6.07) is 0. The number of nitrogens with two attached hydrogens (primary N) is 1. The number of carbonyl (C=O) groups excluding carboxylic acids is 2. The molecule has 1 unspecified atom stereocenters. The molecule has 4 aliphatic rings. The van der Waals surface area contributed by atoms with E-state index >= 15 is 0 Å². The smallest absolute Gasteiger partial charge is 0.404 e. The van der Waals surface area contributed by atoms with Crippen molar-refractivity contribution >= 4 is 12.0 Å². The van der Waals surface area contributed by atoms with Gasteiger partial charge in [-0.25, -0.2) is 4.79 Å². The summed E-state index contributed by atoms with van der Waals surface area (Å²) >= 11 is 0. The number of piperidine rings is 1. The van der Waals surface area contributed by atoms with Gasteiger partial charge in [-0.05, 0) is 55.1 Å². The molecule has 28 heavy (non-hydrogen) atoms. The molecule has 4 fully saturated rings. The predicted molar refractivity (Wildman–Crippen MR) is 108 cm³/mol. The van der Waals surface area contributed by atoms with Gasteiger partial charge in [-0.3, -0.25) is 4.79 Å². The molecule has 2 amide bonds. The van der Waals surface area contributed by atoms with Gasteiger partial charge < -0.3 is 15.4 Å². The zero-order valence-electron chi connectivity index (χ0n) is 17.2. The lowest BCUT2D eigenvalue weighted by atomic mass is 9.74. The molecular formula is C23H32N2O3. The fourth-order valence-electron chi connectivity index (χ4n) is 5.63. The van der Waals surface area contributed by atoms with E-state index in [-0.39, 0.29) is 22.7 Å². The molecule has 5 atom stereocenters. The first kappa shape index (κ1) is 19.3. The van der Waals surface area contributed by atoms with E-state index in [1.54, 1.807) is 0 Å². The minimum atomic E-state index is -0.721. The Labute approximate surface area is 167 Å². The number of carbonyl (C=O) groups is 2. The number of likely N-dealkylation sites (tertiary alicyclic amines) is 1. The molecule has 3 saturated carbocycles. The first-order chi connectivity index (χ1) is 13.2. The Morgan fingerprint density at radius 3 is 2.68 bits per heavy atom. The molecule has 152 valence electrons. The Kier molecular flexibility index (Phi) is 4.48. The highest BCUT2D eigenvalue weighted by molar-refractivity contribution is 5.82. The van der Waals surface area contributed by atoms with Gasteiger partial charge >= 0.3 is 6.09 Å². The number of amides is 2. The van der Waals surface area contributed by atoms with Gasteiger partial charge in [0.15, 0.2) is 0 Å². The molecule has 3 aliphatic carbocycles. The highest BCUT2D eigenvalue weighted by atomic mass is 16.5. The van der Waals surface area contributed by atoms with Crippen LogP contribution in [0.15, 0.2) is 36.0 Å². The summed E-state index contributed by atoms with van der Waals surface area (Å²) in [4.78, 5) is 26.0. The van der Waals surface area contributed by atoms with Gasteiger partial charge in [0.25, 0.3) is 0 Å². The first-order valence-electron chi connectivity index (χ1n) is 10.5. The Hall–Kier alpha value is -2.04. The Bertz CT molecular complexity index is 783. The van der Waals surface area contributed by atoms with E-state index in [9.17, 15) is 9.59 Å². The predicted octanol–water partition coefficient (Wildman–Crippen LogP) is 3.67. The average Bonchev–Trinajstić information content (AvgIpc) is 3.43. The quantitative estimate of drug-likeness (QED) is 0.681. The van der Waals surface area contributed by atoms with E-state index in [4.69, 9.17) is 10.5 Å². The Balaban J connectivity index is 1.35. The molecule has 0 spiro atoms. The van der Waals surface area contributed by atoms with Crippen molar-refractivity contribution in [3.63, 3.8) is 0 Å². The number of allylic oxidation sites excluding steroid dienone is 4. The van der Waals surface area contributed by atoms with Gasteiger partial charge in [-0.1, -0.05) is 38.7 Å². The second kappa shape index (κ2) is 6.50. The second-order valence-electron chi connectivity index (χ2n) is 9.69. The maximum Gasteiger partial charge on any atom is 0.404 e. The van der Waals surface area contributed by atoms with Gasteiger partial charge in [0.1, 0.15) is 0 Å². The highest BCUT2D eigenvalue weighted by Crippen LogP contribution is 2.71. The van der Waals surface area contributed by atoms with Gasteiger partial charge in [-0.15, -0.1) is 0 Å². The molecule has 0 aromatic heterocycles. The van der Waals surface area contributed by atoms with Crippen LogP contribution in [0.4, 0.5) is 4.79 Å². The van der Waals surface area contributed by atoms with Crippen LogP contribution in [0.25, 0.3) is 0 Å². The van der Waals surface area contributed by atoms with E-state index in [0.717, 1.165) is 32.4 Å². The summed E-state index contributed by atoms with van der Waals surface area (Å²) in [6.45, 7) is 12.9. The summed E-state index contributed by atoms with van der Waals surface area (Å²) in [5.41, 5.74) is 7.69. The normalized spacial score (nSPS) is 38.1. The summed E-state index contributed by atoms with van der Waals surface area (Å²) in [6.07, 6.45) is 8.73. The number of fused-ring (bicyclic) bond motifs is 2. The van der Waals surface area contributed by atoms with Crippen LogP contribution in [0.5, 0.6) is 0 Å². The van der Waals surface area contributed by atoms with Crippen LogP contribution in [0.3, 0.4) is 0 Å². The molecular weight excluding hydrogens is 352 g/mol. The van der Waals surface area contributed by atoms with Gasteiger partial charge in [0.05, 0.1) is 6.61 Å². The average molecular weight is 385 g/mol. The molecule has 1 saturated heterocycles. The van der Waals surface area contributed by atoms with E-state index in [1.807, 2.05) is 6.92 Å². The van der Waals surface area contributed by atoms with Crippen LogP contribution in [0.2, 0.25) is 0 Å². The fraction of sp³-hybridized carbons (Fsp3) is 0.652. The van der Waals surface area contributed by atoms with Gasteiger partial charge in [0, 0.05) is 29.8 Å². The van der Waals surface area contributed by atoms with Crippen LogP contribution < -0.4 is 5.73 Å². The van der Waals surface area contributed by atoms with Crippen molar-refractivity contribution in [1.82, 2.24) is 4.90 Å². The SMILES string of the molecule is C=C(/C=C(\C=C/C)C(C)C)[C@]12C[C@H]1CN(C(=O)[C@@H]1C[C@]3(COC(N)=O)CC13)C2. The van der Waals surface area contributed by atoms with Crippen LogP contribution in [-0.2, 0) is 9.53 Å². The summed E-state index contributed by atoms with van der Waals surface area (Å²) in [7, 11) is 0. The van der Waals surface area contributed by atoms with Crippen molar-refractivity contribution in [2.24, 2.45) is 40.2 Å². The van der Waals surface area contributed by atoms with Crippen molar-refractivity contribution < 1.29 is 14.3 Å². The highest BCUT2D eigenvalue weighted by Gasteiger charge is 2.71. The molecule has 1 heterocycles. The first-order valence-corrected chi connectivity index (χ1v) is 10.5. The molecule has 5 nitrogen and oxygen atoms in total. The van der Waals surface area contributed by atoms with Crippen LogP contribution in [-0.4, -0.2) is 36.6 Å². The Morgan fingerprint density at radius 2 is 2.07 bits per heavy atom. The van der Waals surface area contributed by atoms with Crippen molar-refractivity contribution in [3.05, 3.63) is 36.0 Å². The van der Waals surface area contributed by atoms with Crippen molar-refractivity contribution in [2.45, 2.75) is 40.0 Å². The number of ether oxygens (including phenoxy) is 1. The number of rotatable bonds is 7. The minimum Gasteiger partial charge on any atom is -0.449 e. The third-order valence-electron chi connectivity index (χ3n) is 7.65. The van der Waals surface area contributed by atoms with E-state index in [1.165, 1.54) is 11.1 Å². The molecule has 4 rings (SSSR count). The lowest BCUT2D eigenvalue weighted by Gasteiger charge is -2.36. The maximum atomic E-state index is 13.0. The number of hydrogen-bond acceptors (Lipinski definition) is 3. The number of nitrogens with zero attached hydrogens (tertiary/aromatic N) is 1. The molecule has 0 radical (unpaired) electrons. The monoisotopic (exact) mass is 384 g/mol. The minimum absolute atomic E-state index is 0.0423. The van der Waals surface area contributed by atoms with Gasteiger partial charge in [0.2, 0.25) is 5.91 Å². The zero-order valence-corrected chi connectivity index (χ0v) is 17.2. The lowest BCUT2D eigenvalue weighted by Crippen LogP contribution is -2.44. The van der Waals surface area contributed by atoms with Crippen LogP contribution in [0, 0.1) is 34.5 Å². The third-order valence-corrected chi connectivity index (χ3v) is 7.65. The van der Waals surface area contributed by atoms with Crippen molar-refractivity contribution in [3.8, 4) is 0 Å². The molecule has 1 aliphatic heterocycles. The largest absolute Gasteiger partial charge is 0.449 e. The molecule has 2 N–H and O–H groups in total. The Morgan fingerprint density at radius 1 is 1.32 bits per heavy atom. The molecule has 5 heteroatoms. The van der Waals surface area contributed by atoms with E-state index in [0.29, 0.717) is 24.4 Å². The molecule has 0 aromatic carbocycles. The van der Waals surface area contributed by atoms with Crippen molar-refractivity contribution in [1.29, 1.82) is 0 Å². The number of primary amides is 1. The summed E-state index contributed by atoms with van der Waals surface area (Å²) < 4.78 is 4.98. The topological polar surface area (TPSA) is 72.6 Å². The summed E-state index contributed by atoms with van der Waals surface area (Å²) in [5, 5.41) is 0. The van der Waals surface area contributed by atoms with E-state index in [2.05, 4.69) is 43.6 Å². The fourth-order valence-corrected chi connectivity index (χ4v) is 5.63. The third kappa shape index (κ3) is 2.99. The van der Waals surface area contributed by atoms with Gasteiger partial charge in [-0.2, -0.15) is 0 Å². The zero-order chi connectivity index (χ0) is 20.3. The number of hydrogen-bond donors (Lipinski definition) is 1. The maximum absolute atomic E-state index is 13.0. The molecule has 0 bridgehead atoms. The molecule has 0 aromatic rings. The lowest BCUT2D eigenvalue weighted by molar-refractivity contribution is -0.140. The standard InChI is InChI=1S/C23H32N2O3/c1-5-6-16(14(2)3)7-15(4)23-8-17(23)11-25(12-23)20(26)18-9-22(10-19(18)22)13-28-21(24)27/h5-7,14,17-19H,4,8-13H2,1-3H3,(H2,24,27)/b6-5-,16-7+/t17-,18+,19?,22+,23+/m0/s1.